The third-order valence-corrected chi connectivity index (χ3v) is 8.14. The van der Waals surface area contributed by atoms with E-state index in [0.717, 1.165) is 18.1 Å². The van der Waals surface area contributed by atoms with Gasteiger partial charge in [0.15, 0.2) is 0 Å². The number of carbonyl (C=O) groups is 2. The van der Waals surface area contributed by atoms with Gasteiger partial charge in [0.05, 0.1) is 12.3 Å². The lowest BCUT2D eigenvalue weighted by atomic mass is 10.0. The van der Waals surface area contributed by atoms with Gasteiger partial charge in [0.25, 0.3) is 0 Å². The Balaban J connectivity index is 1.88. The van der Waals surface area contributed by atoms with E-state index in [9.17, 15) is 9.59 Å². The van der Waals surface area contributed by atoms with E-state index in [1.807, 2.05) is 18.2 Å². The normalized spacial score (nSPS) is 11.2. The molecular formula is C33H57NO4S. The fraction of sp³-hybridized carbons (Fsp3) is 0.758. The lowest BCUT2D eigenvalue weighted by Crippen LogP contribution is -2.12. The average molecular weight is 564 g/mol. The van der Waals surface area contributed by atoms with Gasteiger partial charge >= 0.3 is 5.97 Å². The molecule has 0 saturated heterocycles. The van der Waals surface area contributed by atoms with Crippen molar-refractivity contribution >= 4 is 29.3 Å². The number of thioether (sulfide) groups is 1. The van der Waals surface area contributed by atoms with Crippen molar-refractivity contribution in [2.75, 3.05) is 17.7 Å². The summed E-state index contributed by atoms with van der Waals surface area (Å²) >= 11 is 2.10. The first-order chi connectivity index (χ1) is 19.0. The largest absolute Gasteiger partial charge is 0.491 e. The Morgan fingerprint density at radius 2 is 1.21 bits per heavy atom. The lowest BCUT2D eigenvalue weighted by molar-refractivity contribution is -0.137. The Labute approximate surface area is 243 Å². The number of unbranched alkanes of at least 4 members (excludes halogenated alkanes) is 16. The van der Waals surface area contributed by atoms with Gasteiger partial charge in [-0.15, -0.1) is 0 Å². The summed E-state index contributed by atoms with van der Waals surface area (Å²) in [6.45, 7) is 4.89. The van der Waals surface area contributed by atoms with Gasteiger partial charge < -0.3 is 15.2 Å². The van der Waals surface area contributed by atoms with Gasteiger partial charge in [-0.1, -0.05) is 122 Å². The van der Waals surface area contributed by atoms with Crippen molar-refractivity contribution in [3.05, 3.63) is 24.3 Å². The molecule has 0 saturated carbocycles. The molecule has 0 aromatic heterocycles. The standard InChI is InChI=1S/C33H57NO4S/c1-29(2)39-28-21-17-15-13-11-9-7-5-3-4-6-8-10-12-14-16-18-25-32(35)34-30-23-19-20-24-31(30)38-27-22-26-33(36)37/h19-20,23-24,29H,3-18,21-22,25-28H2,1-2H3,(H,34,35)(H,36,37). The predicted molar refractivity (Wildman–Crippen MR) is 168 cm³/mol. The highest BCUT2D eigenvalue weighted by molar-refractivity contribution is 7.99. The summed E-state index contributed by atoms with van der Waals surface area (Å²) in [7, 11) is 0. The molecule has 0 spiro atoms. The van der Waals surface area contributed by atoms with Crippen LogP contribution in [0.25, 0.3) is 0 Å². The van der Waals surface area contributed by atoms with Gasteiger partial charge in [0.1, 0.15) is 5.75 Å². The summed E-state index contributed by atoms with van der Waals surface area (Å²) in [6, 6.07) is 7.33. The molecule has 224 valence electrons. The van der Waals surface area contributed by atoms with Gasteiger partial charge in [-0.05, 0) is 42.4 Å². The van der Waals surface area contributed by atoms with Crippen LogP contribution in [0.1, 0.15) is 142 Å². The van der Waals surface area contributed by atoms with E-state index in [-0.39, 0.29) is 12.3 Å². The quantitative estimate of drug-likeness (QED) is 0.104. The molecule has 0 aliphatic carbocycles. The summed E-state index contributed by atoms with van der Waals surface area (Å²) in [5.41, 5.74) is 0.653. The number of rotatable bonds is 27. The number of hydrogen-bond acceptors (Lipinski definition) is 4. The van der Waals surface area contributed by atoms with Gasteiger partial charge in [-0.25, -0.2) is 0 Å². The molecule has 0 aliphatic rings. The van der Waals surface area contributed by atoms with Crippen LogP contribution >= 0.6 is 11.8 Å². The highest BCUT2D eigenvalue weighted by Gasteiger charge is 2.08. The molecule has 1 rings (SSSR count). The predicted octanol–water partition coefficient (Wildman–Crippen LogP) is 10.0. The van der Waals surface area contributed by atoms with E-state index >= 15 is 0 Å². The monoisotopic (exact) mass is 563 g/mol. The number of benzene rings is 1. The number of carboxylic acids is 1. The van der Waals surface area contributed by atoms with Gasteiger partial charge in [-0.2, -0.15) is 11.8 Å². The van der Waals surface area contributed by atoms with Crippen molar-refractivity contribution < 1.29 is 19.4 Å². The van der Waals surface area contributed by atoms with E-state index in [2.05, 4.69) is 30.9 Å². The van der Waals surface area contributed by atoms with Crippen LogP contribution in [0.3, 0.4) is 0 Å². The smallest absolute Gasteiger partial charge is 0.303 e. The van der Waals surface area contributed by atoms with Crippen LogP contribution in [0.2, 0.25) is 0 Å². The Morgan fingerprint density at radius 1 is 0.718 bits per heavy atom. The van der Waals surface area contributed by atoms with Crippen LogP contribution in [-0.2, 0) is 9.59 Å². The minimum atomic E-state index is -0.829. The van der Waals surface area contributed by atoms with Crippen molar-refractivity contribution in [3.63, 3.8) is 0 Å². The van der Waals surface area contributed by atoms with Crippen LogP contribution in [0, 0.1) is 0 Å². The van der Waals surface area contributed by atoms with Gasteiger partial charge in [0.2, 0.25) is 5.91 Å². The molecule has 1 amide bonds. The maximum atomic E-state index is 12.3. The zero-order valence-corrected chi connectivity index (χ0v) is 25.8. The molecule has 0 aliphatic heterocycles. The molecule has 0 atom stereocenters. The van der Waals surface area contributed by atoms with Crippen molar-refractivity contribution in [1.29, 1.82) is 0 Å². The Bertz CT molecular complexity index is 740. The number of para-hydroxylation sites is 2. The molecule has 6 heteroatoms. The minimum Gasteiger partial charge on any atom is -0.491 e. The molecule has 0 bridgehead atoms. The molecule has 0 unspecified atom stereocenters. The van der Waals surface area contributed by atoms with Crippen molar-refractivity contribution in [2.24, 2.45) is 0 Å². The first-order valence-corrected chi connectivity index (χ1v) is 16.9. The van der Waals surface area contributed by atoms with E-state index in [1.165, 1.54) is 102 Å². The molecule has 1 aromatic carbocycles. The van der Waals surface area contributed by atoms with E-state index < -0.39 is 5.97 Å². The van der Waals surface area contributed by atoms with Crippen LogP contribution in [0.4, 0.5) is 5.69 Å². The van der Waals surface area contributed by atoms with Crippen LogP contribution < -0.4 is 10.1 Å². The second kappa shape index (κ2) is 25.3. The van der Waals surface area contributed by atoms with E-state index in [4.69, 9.17) is 9.84 Å². The summed E-state index contributed by atoms with van der Waals surface area (Å²) < 4.78 is 5.66. The first kappa shape index (κ1) is 35.3. The zero-order valence-electron chi connectivity index (χ0n) is 25.0. The number of aliphatic carboxylic acids is 1. The molecule has 2 N–H and O–H groups in total. The average Bonchev–Trinajstić information content (AvgIpc) is 2.90. The summed E-state index contributed by atoms with van der Waals surface area (Å²) in [6.07, 6.45) is 23.7. The molecule has 39 heavy (non-hydrogen) atoms. The minimum absolute atomic E-state index is 0.00729. The first-order valence-electron chi connectivity index (χ1n) is 15.8. The highest BCUT2D eigenvalue weighted by atomic mass is 32.2. The Hall–Kier alpha value is -1.69. The number of anilines is 1. The maximum Gasteiger partial charge on any atom is 0.303 e. The highest BCUT2D eigenvalue weighted by Crippen LogP contribution is 2.24. The van der Waals surface area contributed by atoms with Crippen LogP contribution in [0.15, 0.2) is 24.3 Å². The number of amides is 1. The fourth-order valence-corrected chi connectivity index (χ4v) is 5.51. The van der Waals surface area contributed by atoms with Crippen molar-refractivity contribution in [1.82, 2.24) is 0 Å². The number of carboxylic acid groups (broad SMARTS) is 1. The van der Waals surface area contributed by atoms with Gasteiger partial charge in [-0.3, -0.25) is 9.59 Å². The van der Waals surface area contributed by atoms with E-state index in [0.29, 0.717) is 30.9 Å². The summed E-state index contributed by atoms with van der Waals surface area (Å²) in [5.74, 6) is 1.11. The van der Waals surface area contributed by atoms with Crippen LogP contribution in [-0.4, -0.2) is 34.6 Å². The molecule has 0 heterocycles. The van der Waals surface area contributed by atoms with Gasteiger partial charge in [0, 0.05) is 12.8 Å². The SMILES string of the molecule is CC(C)SCCCCCCCCCCCCCCCCCCCC(=O)Nc1ccccc1OCCCC(=O)O. The third kappa shape index (κ3) is 22.8. The molecule has 0 fully saturated rings. The molecular weight excluding hydrogens is 506 g/mol. The fourth-order valence-electron chi connectivity index (χ4n) is 4.67. The summed E-state index contributed by atoms with van der Waals surface area (Å²) in [5, 5.41) is 12.5. The molecule has 1 aromatic rings. The Morgan fingerprint density at radius 3 is 1.72 bits per heavy atom. The second-order valence-corrected chi connectivity index (χ2v) is 12.8. The van der Waals surface area contributed by atoms with Crippen molar-refractivity contribution in [3.8, 4) is 5.75 Å². The number of nitrogens with one attached hydrogen (secondary N) is 1. The second-order valence-electron chi connectivity index (χ2n) is 11.1. The maximum absolute atomic E-state index is 12.3. The van der Waals surface area contributed by atoms with E-state index in [1.54, 1.807) is 6.07 Å². The summed E-state index contributed by atoms with van der Waals surface area (Å²) in [4.78, 5) is 23.0. The van der Waals surface area contributed by atoms with Crippen LogP contribution in [0.5, 0.6) is 5.75 Å². The Kier molecular flexibility index (Phi) is 22.9. The number of carbonyl (C=O) groups excluding carboxylic acids is 1. The molecule has 5 nitrogen and oxygen atoms in total. The zero-order chi connectivity index (χ0) is 28.4. The topological polar surface area (TPSA) is 75.6 Å². The lowest BCUT2D eigenvalue weighted by Gasteiger charge is -2.12. The number of ether oxygens (including phenoxy) is 1. The number of hydrogen-bond donors (Lipinski definition) is 2. The third-order valence-electron chi connectivity index (χ3n) is 6.95. The molecule has 0 radical (unpaired) electrons. The van der Waals surface area contributed by atoms with Crippen molar-refractivity contribution in [2.45, 2.75) is 148 Å².